The Kier molecular flexibility index (Phi) is 3.92. The zero-order chi connectivity index (χ0) is 13.1. The molecule has 2 nitrogen and oxygen atoms in total. The van der Waals surface area contributed by atoms with Gasteiger partial charge in [-0.1, -0.05) is 24.3 Å². The number of nitrogens with two attached hydrogens (primary N) is 1. The molecule has 18 heavy (non-hydrogen) atoms. The van der Waals surface area contributed by atoms with Crippen LogP contribution in [0.3, 0.4) is 0 Å². The molecule has 0 aliphatic heterocycles. The molecule has 2 N–H and O–H groups in total. The summed E-state index contributed by atoms with van der Waals surface area (Å²) in [6.07, 6.45) is 0. The van der Waals surface area contributed by atoms with Gasteiger partial charge >= 0.3 is 0 Å². The van der Waals surface area contributed by atoms with Crippen molar-refractivity contribution in [1.29, 1.82) is 0 Å². The van der Waals surface area contributed by atoms with Crippen LogP contribution in [0.5, 0.6) is 0 Å². The summed E-state index contributed by atoms with van der Waals surface area (Å²) in [5.74, 6) is 0. The van der Waals surface area contributed by atoms with E-state index < -0.39 is 0 Å². The molecule has 0 bridgehead atoms. The first kappa shape index (κ1) is 13.0. The van der Waals surface area contributed by atoms with Crippen molar-refractivity contribution in [3.63, 3.8) is 0 Å². The van der Waals surface area contributed by atoms with Gasteiger partial charge in [0.25, 0.3) is 0 Å². The highest BCUT2D eigenvalue weighted by atomic mass is 79.9. The Bertz CT molecular complexity index is 552. The Hall–Kier alpha value is -1.48. The lowest BCUT2D eigenvalue weighted by Gasteiger charge is -2.21. The molecule has 0 fully saturated rings. The highest BCUT2D eigenvalue weighted by Crippen LogP contribution is 2.26. The molecule has 0 radical (unpaired) electrons. The number of benzene rings is 2. The van der Waals surface area contributed by atoms with Gasteiger partial charge < -0.3 is 10.6 Å². The lowest BCUT2D eigenvalue weighted by atomic mass is 10.1. The molecule has 0 aliphatic rings. The van der Waals surface area contributed by atoms with Gasteiger partial charge in [0.05, 0.1) is 0 Å². The molecule has 0 saturated carbocycles. The third kappa shape index (κ3) is 2.85. The maximum absolute atomic E-state index is 5.89. The summed E-state index contributed by atoms with van der Waals surface area (Å²) in [6, 6.07) is 14.5. The van der Waals surface area contributed by atoms with E-state index in [-0.39, 0.29) is 0 Å². The topological polar surface area (TPSA) is 29.3 Å². The van der Waals surface area contributed by atoms with Gasteiger partial charge in [0, 0.05) is 29.4 Å². The molecule has 0 aromatic heterocycles. The molecule has 2 aromatic rings. The van der Waals surface area contributed by atoms with Crippen molar-refractivity contribution in [3.05, 3.63) is 58.1 Å². The molecule has 0 saturated heterocycles. The number of hydrogen-bond acceptors (Lipinski definition) is 2. The van der Waals surface area contributed by atoms with Crippen molar-refractivity contribution >= 4 is 27.3 Å². The SMILES string of the molecule is Cc1cccc(N(C)Cc2cccc(N)c2Br)c1. The number of nitrogen functional groups attached to an aromatic ring is 1. The van der Waals surface area contributed by atoms with Gasteiger partial charge in [-0.05, 0) is 52.2 Å². The Morgan fingerprint density at radius 2 is 1.89 bits per heavy atom. The first-order valence-corrected chi connectivity index (χ1v) is 6.68. The number of rotatable bonds is 3. The van der Waals surface area contributed by atoms with Crippen LogP contribution in [0.25, 0.3) is 0 Å². The highest BCUT2D eigenvalue weighted by molar-refractivity contribution is 9.10. The minimum absolute atomic E-state index is 0.783. The van der Waals surface area contributed by atoms with Crippen molar-refractivity contribution < 1.29 is 0 Å². The van der Waals surface area contributed by atoms with Crippen LogP contribution < -0.4 is 10.6 Å². The van der Waals surface area contributed by atoms with Crippen LogP contribution >= 0.6 is 15.9 Å². The summed E-state index contributed by atoms with van der Waals surface area (Å²) in [6.45, 7) is 2.93. The Balaban J connectivity index is 2.21. The monoisotopic (exact) mass is 304 g/mol. The van der Waals surface area contributed by atoms with Gasteiger partial charge in [-0.15, -0.1) is 0 Å². The number of anilines is 2. The lowest BCUT2D eigenvalue weighted by Crippen LogP contribution is -2.16. The predicted octanol–water partition coefficient (Wildman–Crippen LogP) is 3.98. The van der Waals surface area contributed by atoms with E-state index in [9.17, 15) is 0 Å². The zero-order valence-electron chi connectivity index (χ0n) is 10.7. The fourth-order valence-corrected chi connectivity index (χ4v) is 2.32. The fraction of sp³-hybridized carbons (Fsp3) is 0.200. The quantitative estimate of drug-likeness (QED) is 0.869. The van der Waals surface area contributed by atoms with Gasteiger partial charge in [0.1, 0.15) is 0 Å². The van der Waals surface area contributed by atoms with Crippen molar-refractivity contribution in [2.45, 2.75) is 13.5 Å². The van der Waals surface area contributed by atoms with E-state index in [4.69, 9.17) is 5.73 Å². The number of aryl methyl sites for hydroxylation is 1. The molecule has 2 rings (SSSR count). The Labute approximate surface area is 117 Å². The summed E-state index contributed by atoms with van der Waals surface area (Å²) < 4.78 is 0.990. The molecule has 2 aromatic carbocycles. The van der Waals surface area contributed by atoms with Crippen molar-refractivity contribution in [1.82, 2.24) is 0 Å². The third-order valence-electron chi connectivity index (χ3n) is 2.96. The van der Waals surface area contributed by atoms with E-state index in [0.29, 0.717) is 0 Å². The fourth-order valence-electron chi connectivity index (χ4n) is 1.93. The Morgan fingerprint density at radius 3 is 2.61 bits per heavy atom. The maximum Gasteiger partial charge on any atom is 0.0461 e. The number of nitrogens with zero attached hydrogens (tertiary/aromatic N) is 1. The van der Waals surface area contributed by atoms with Crippen LogP contribution in [0.4, 0.5) is 11.4 Å². The maximum atomic E-state index is 5.89. The smallest absolute Gasteiger partial charge is 0.0461 e. The summed E-state index contributed by atoms with van der Waals surface area (Å²) in [7, 11) is 2.09. The predicted molar refractivity (Wildman–Crippen MR) is 81.8 cm³/mol. The lowest BCUT2D eigenvalue weighted by molar-refractivity contribution is 0.918. The number of hydrogen-bond donors (Lipinski definition) is 1. The number of halogens is 1. The Morgan fingerprint density at radius 1 is 1.17 bits per heavy atom. The van der Waals surface area contributed by atoms with Gasteiger partial charge in [-0.3, -0.25) is 0 Å². The normalized spacial score (nSPS) is 10.4. The molecular formula is C15H17BrN2. The molecule has 0 heterocycles. The van der Waals surface area contributed by atoms with Gasteiger partial charge in [-0.2, -0.15) is 0 Å². The van der Waals surface area contributed by atoms with Crippen LogP contribution in [-0.2, 0) is 6.54 Å². The highest BCUT2D eigenvalue weighted by Gasteiger charge is 2.07. The standard InChI is InChI=1S/C15H17BrN2/c1-11-5-3-7-13(9-11)18(2)10-12-6-4-8-14(17)15(12)16/h3-9H,10,17H2,1-2H3. The van der Waals surface area contributed by atoms with Gasteiger partial charge in [-0.25, -0.2) is 0 Å². The second-order valence-corrected chi connectivity index (χ2v) is 5.31. The first-order chi connectivity index (χ1) is 8.58. The van der Waals surface area contributed by atoms with Crippen molar-refractivity contribution in [2.24, 2.45) is 0 Å². The van der Waals surface area contributed by atoms with Gasteiger partial charge in [0.2, 0.25) is 0 Å². The van der Waals surface area contributed by atoms with Crippen LogP contribution in [0, 0.1) is 6.92 Å². The minimum atomic E-state index is 0.783. The minimum Gasteiger partial charge on any atom is -0.398 e. The third-order valence-corrected chi connectivity index (χ3v) is 3.93. The molecule has 94 valence electrons. The van der Waals surface area contributed by atoms with Crippen molar-refractivity contribution in [3.8, 4) is 0 Å². The molecular weight excluding hydrogens is 288 g/mol. The second-order valence-electron chi connectivity index (χ2n) is 4.52. The zero-order valence-corrected chi connectivity index (χ0v) is 12.2. The van der Waals surface area contributed by atoms with E-state index >= 15 is 0 Å². The average Bonchev–Trinajstić information content (AvgIpc) is 2.35. The van der Waals surface area contributed by atoms with Crippen LogP contribution in [-0.4, -0.2) is 7.05 Å². The van der Waals surface area contributed by atoms with E-state index in [2.05, 4.69) is 65.1 Å². The second kappa shape index (κ2) is 5.44. The average molecular weight is 305 g/mol. The van der Waals surface area contributed by atoms with Crippen LogP contribution in [0.2, 0.25) is 0 Å². The van der Waals surface area contributed by atoms with E-state index in [1.165, 1.54) is 16.8 Å². The molecule has 0 spiro atoms. The summed E-state index contributed by atoms with van der Waals surface area (Å²) in [5.41, 5.74) is 10.4. The summed E-state index contributed by atoms with van der Waals surface area (Å²) in [5, 5.41) is 0. The molecule has 0 aliphatic carbocycles. The summed E-state index contributed by atoms with van der Waals surface area (Å²) in [4.78, 5) is 2.21. The molecule has 0 unspecified atom stereocenters. The summed E-state index contributed by atoms with van der Waals surface area (Å²) >= 11 is 3.54. The molecule has 3 heteroatoms. The van der Waals surface area contributed by atoms with E-state index in [0.717, 1.165) is 16.7 Å². The molecule has 0 atom stereocenters. The van der Waals surface area contributed by atoms with E-state index in [1.54, 1.807) is 0 Å². The van der Waals surface area contributed by atoms with Crippen LogP contribution in [0.15, 0.2) is 46.9 Å². The van der Waals surface area contributed by atoms with Crippen molar-refractivity contribution in [2.75, 3.05) is 17.7 Å². The molecule has 0 amide bonds. The largest absolute Gasteiger partial charge is 0.398 e. The van der Waals surface area contributed by atoms with Gasteiger partial charge in [0.15, 0.2) is 0 Å². The van der Waals surface area contributed by atoms with Crippen LogP contribution in [0.1, 0.15) is 11.1 Å². The van der Waals surface area contributed by atoms with E-state index in [1.807, 2.05) is 12.1 Å². The first-order valence-electron chi connectivity index (χ1n) is 5.88.